The standard InChI is InChI=1S/C30H29Cl2N7O4/c31-24-26(41-21-11-12-39(16-21)15-17-5-2-1-3-6-17)25(32)29(43-23-13-18(27(33)34)9-10-22(23)40)38-28(24)42-20-8-4-7-19(14-20)37-30(35)36/h1-10,13-14,21,40H,11-12,15-16H2,(H3,33,34)(H4,35,36,37). The first kappa shape index (κ1) is 29.8. The highest BCUT2D eigenvalue weighted by Crippen LogP contribution is 2.47. The molecule has 5 rings (SSSR count). The molecule has 1 saturated heterocycles. The van der Waals surface area contributed by atoms with Gasteiger partial charge in [0.05, 0.1) is 5.69 Å². The van der Waals surface area contributed by atoms with Crippen LogP contribution in [0.25, 0.3) is 0 Å². The molecule has 0 saturated carbocycles. The van der Waals surface area contributed by atoms with Crippen molar-refractivity contribution in [2.75, 3.05) is 13.1 Å². The van der Waals surface area contributed by atoms with Crippen molar-refractivity contribution in [3.05, 3.63) is 94.0 Å². The Kier molecular flexibility index (Phi) is 9.05. The molecule has 3 aromatic carbocycles. The average Bonchev–Trinajstić information content (AvgIpc) is 3.41. The lowest BCUT2D eigenvalue weighted by molar-refractivity contribution is 0.197. The first-order valence-electron chi connectivity index (χ1n) is 13.2. The number of benzene rings is 3. The molecule has 4 aromatic rings. The monoisotopic (exact) mass is 621 g/mol. The summed E-state index contributed by atoms with van der Waals surface area (Å²) in [6.45, 7) is 2.23. The Balaban J connectivity index is 1.47. The number of ether oxygens (including phenoxy) is 3. The molecular formula is C30H29Cl2N7O4. The van der Waals surface area contributed by atoms with Crippen LogP contribution >= 0.6 is 23.2 Å². The Bertz CT molecular complexity index is 1670. The van der Waals surface area contributed by atoms with Crippen molar-refractivity contribution < 1.29 is 19.3 Å². The van der Waals surface area contributed by atoms with E-state index in [1.165, 1.54) is 23.8 Å². The Labute approximate surface area is 257 Å². The Hall–Kier alpha value is -4.71. The number of aliphatic imine (C=N–C) groups is 1. The number of phenols is 1. The zero-order valence-electron chi connectivity index (χ0n) is 22.8. The smallest absolute Gasteiger partial charge is 0.245 e. The van der Waals surface area contributed by atoms with E-state index in [4.69, 9.17) is 60.0 Å². The van der Waals surface area contributed by atoms with Crippen LogP contribution in [0.15, 0.2) is 77.8 Å². The molecule has 1 aromatic heterocycles. The number of aromatic hydroxyl groups is 1. The maximum absolute atomic E-state index is 10.4. The molecule has 1 unspecified atom stereocenters. The highest BCUT2D eigenvalue weighted by molar-refractivity contribution is 6.38. The molecule has 0 radical (unpaired) electrons. The number of halogens is 2. The minimum absolute atomic E-state index is 0.0211. The molecule has 13 heteroatoms. The van der Waals surface area contributed by atoms with Crippen molar-refractivity contribution in [1.29, 1.82) is 5.41 Å². The number of likely N-dealkylation sites (tertiary alicyclic amines) is 1. The van der Waals surface area contributed by atoms with Gasteiger partial charge in [-0.2, -0.15) is 4.98 Å². The second-order valence-corrected chi connectivity index (χ2v) is 10.5. The summed E-state index contributed by atoms with van der Waals surface area (Å²) in [4.78, 5) is 10.7. The van der Waals surface area contributed by atoms with Gasteiger partial charge < -0.3 is 36.5 Å². The number of phenolic OH excluding ortho intramolecular Hbond substituents is 1. The van der Waals surface area contributed by atoms with Crippen LogP contribution in [0.4, 0.5) is 5.69 Å². The number of guanidine groups is 1. The van der Waals surface area contributed by atoms with Crippen molar-refractivity contribution in [3.63, 3.8) is 0 Å². The number of pyridine rings is 1. The fourth-order valence-electron chi connectivity index (χ4n) is 4.51. The van der Waals surface area contributed by atoms with E-state index in [2.05, 4.69) is 27.0 Å². The number of amidine groups is 1. The molecule has 1 atom stereocenters. The van der Waals surface area contributed by atoms with Gasteiger partial charge in [-0.15, -0.1) is 0 Å². The lowest BCUT2D eigenvalue weighted by Crippen LogP contribution is -2.24. The molecule has 1 aliphatic heterocycles. The summed E-state index contributed by atoms with van der Waals surface area (Å²) in [5.41, 5.74) is 18.6. The summed E-state index contributed by atoms with van der Waals surface area (Å²) in [5.74, 6) is -0.367. The quantitative estimate of drug-likeness (QED) is 0.112. The molecule has 1 aliphatic rings. The third-order valence-corrected chi connectivity index (χ3v) is 7.17. The molecule has 1 fully saturated rings. The van der Waals surface area contributed by atoms with Gasteiger partial charge >= 0.3 is 0 Å². The Morgan fingerprint density at radius 1 is 0.977 bits per heavy atom. The summed E-state index contributed by atoms with van der Waals surface area (Å²) in [7, 11) is 0. The first-order chi connectivity index (χ1) is 20.7. The number of aromatic nitrogens is 1. The van der Waals surface area contributed by atoms with Crippen LogP contribution in [0.2, 0.25) is 10.0 Å². The predicted octanol–water partition coefficient (Wildman–Crippen LogP) is 5.52. The molecule has 222 valence electrons. The van der Waals surface area contributed by atoms with Crippen molar-refractivity contribution >= 4 is 40.7 Å². The van der Waals surface area contributed by atoms with Crippen LogP contribution in [0.5, 0.6) is 34.8 Å². The molecule has 0 spiro atoms. The molecule has 0 bridgehead atoms. The summed E-state index contributed by atoms with van der Waals surface area (Å²) in [6.07, 6.45) is 0.498. The Morgan fingerprint density at radius 3 is 2.44 bits per heavy atom. The zero-order chi connectivity index (χ0) is 30.5. The van der Waals surface area contributed by atoms with E-state index < -0.39 is 0 Å². The number of hydrogen-bond donors (Lipinski definition) is 5. The van der Waals surface area contributed by atoms with E-state index in [0.717, 1.165) is 19.5 Å². The van der Waals surface area contributed by atoms with Crippen LogP contribution in [0.1, 0.15) is 17.5 Å². The maximum Gasteiger partial charge on any atom is 0.245 e. The maximum atomic E-state index is 10.4. The van der Waals surface area contributed by atoms with Crippen LogP contribution < -0.4 is 31.4 Å². The van der Waals surface area contributed by atoms with Crippen LogP contribution in [0.3, 0.4) is 0 Å². The third kappa shape index (κ3) is 7.39. The number of nitrogens with zero attached hydrogens (tertiary/aromatic N) is 3. The lowest BCUT2D eigenvalue weighted by Gasteiger charge is -2.20. The Morgan fingerprint density at radius 2 is 1.72 bits per heavy atom. The molecule has 8 N–H and O–H groups in total. The van der Waals surface area contributed by atoms with Gasteiger partial charge in [-0.05, 0) is 42.3 Å². The topological polar surface area (TPSA) is 178 Å². The highest BCUT2D eigenvalue weighted by atomic mass is 35.5. The number of hydrogen-bond acceptors (Lipinski definition) is 8. The van der Waals surface area contributed by atoms with E-state index in [1.54, 1.807) is 24.3 Å². The number of nitrogen functional groups attached to an aromatic ring is 1. The van der Waals surface area contributed by atoms with E-state index >= 15 is 0 Å². The summed E-state index contributed by atoms with van der Waals surface area (Å²) in [5, 5.41) is 18.2. The fourth-order valence-corrected chi connectivity index (χ4v) is 5.00. The SMILES string of the molecule is N=C(N)c1ccc(O)c(Oc2nc(Oc3cccc(N=C(N)N)c3)c(Cl)c(OC3CCN(Cc4ccccc4)C3)c2Cl)c1. The third-order valence-electron chi connectivity index (χ3n) is 6.51. The van der Waals surface area contributed by atoms with Crippen molar-refractivity contribution in [3.8, 4) is 34.8 Å². The number of nitrogens with two attached hydrogens (primary N) is 3. The van der Waals surface area contributed by atoms with Gasteiger partial charge in [-0.25, -0.2) is 4.99 Å². The van der Waals surface area contributed by atoms with Gasteiger partial charge in [0, 0.05) is 31.3 Å². The van der Waals surface area contributed by atoms with Crippen LogP contribution in [-0.2, 0) is 6.54 Å². The van der Waals surface area contributed by atoms with Crippen molar-refractivity contribution in [2.45, 2.75) is 19.1 Å². The molecule has 0 amide bonds. The van der Waals surface area contributed by atoms with E-state index in [0.29, 0.717) is 23.5 Å². The van der Waals surface area contributed by atoms with Gasteiger partial charge in [0.25, 0.3) is 0 Å². The van der Waals surface area contributed by atoms with E-state index in [-0.39, 0.29) is 57.0 Å². The normalized spacial score (nSPS) is 14.7. The average molecular weight is 623 g/mol. The number of rotatable bonds is 10. The van der Waals surface area contributed by atoms with Crippen molar-refractivity contribution in [1.82, 2.24) is 9.88 Å². The van der Waals surface area contributed by atoms with Crippen LogP contribution in [0, 0.1) is 5.41 Å². The van der Waals surface area contributed by atoms with Crippen LogP contribution in [-0.4, -0.2) is 46.0 Å². The summed E-state index contributed by atoms with van der Waals surface area (Å²) >= 11 is 13.5. The molecule has 2 heterocycles. The minimum atomic E-state index is -0.235. The van der Waals surface area contributed by atoms with Gasteiger partial charge in [-0.3, -0.25) is 10.3 Å². The highest BCUT2D eigenvalue weighted by Gasteiger charge is 2.29. The molecule has 0 aliphatic carbocycles. The summed E-state index contributed by atoms with van der Waals surface area (Å²) in [6, 6.07) is 21.0. The molecular weight excluding hydrogens is 593 g/mol. The first-order valence-corrected chi connectivity index (χ1v) is 14.0. The van der Waals surface area contributed by atoms with E-state index in [9.17, 15) is 5.11 Å². The van der Waals surface area contributed by atoms with E-state index in [1.807, 2.05) is 18.2 Å². The van der Waals surface area contributed by atoms with Gasteiger partial charge in [-0.1, -0.05) is 59.6 Å². The minimum Gasteiger partial charge on any atom is -0.504 e. The second kappa shape index (κ2) is 13.1. The zero-order valence-corrected chi connectivity index (χ0v) is 24.3. The second-order valence-electron chi connectivity index (χ2n) is 9.76. The van der Waals surface area contributed by atoms with Gasteiger partial charge in [0.15, 0.2) is 23.2 Å². The predicted molar refractivity (Wildman–Crippen MR) is 166 cm³/mol. The van der Waals surface area contributed by atoms with Crippen molar-refractivity contribution in [2.24, 2.45) is 22.2 Å². The largest absolute Gasteiger partial charge is 0.504 e. The number of nitrogens with one attached hydrogen (secondary N) is 1. The fraction of sp³-hybridized carbons (Fsp3) is 0.167. The lowest BCUT2D eigenvalue weighted by atomic mass is 10.2. The van der Waals surface area contributed by atoms with Gasteiger partial charge in [0.2, 0.25) is 11.8 Å². The molecule has 43 heavy (non-hydrogen) atoms. The molecule has 11 nitrogen and oxygen atoms in total. The summed E-state index contributed by atoms with van der Waals surface area (Å²) < 4.78 is 18.3. The van der Waals surface area contributed by atoms with Gasteiger partial charge in [0.1, 0.15) is 27.7 Å².